The number of aryl methyl sites for hydroxylation is 1. The van der Waals surface area contributed by atoms with Crippen LogP contribution in [0.2, 0.25) is 0 Å². The van der Waals surface area contributed by atoms with Gasteiger partial charge in [0.05, 0.1) is 5.69 Å². The van der Waals surface area contributed by atoms with Crippen LogP contribution < -0.4 is 10.9 Å². The van der Waals surface area contributed by atoms with Crippen molar-refractivity contribution < 1.29 is 4.79 Å². The van der Waals surface area contributed by atoms with E-state index in [0.717, 1.165) is 5.56 Å². The van der Waals surface area contributed by atoms with Crippen LogP contribution in [0.25, 0.3) is 0 Å². The van der Waals surface area contributed by atoms with Gasteiger partial charge in [-0.15, -0.1) is 0 Å². The molecule has 0 aliphatic heterocycles. The quantitative estimate of drug-likeness (QED) is 0.805. The number of rotatable bonds is 4. The molecule has 116 valence electrons. The van der Waals surface area contributed by atoms with E-state index in [0.29, 0.717) is 17.9 Å². The van der Waals surface area contributed by atoms with Crippen LogP contribution in [-0.2, 0) is 13.6 Å². The Hall–Kier alpha value is -3.08. The lowest BCUT2D eigenvalue weighted by atomic mass is 10.2. The molecule has 3 aromatic rings. The lowest BCUT2D eigenvalue weighted by Gasteiger charge is -2.10. The van der Waals surface area contributed by atoms with Crippen LogP contribution in [0.15, 0.2) is 71.8 Å². The van der Waals surface area contributed by atoms with Gasteiger partial charge in [0.1, 0.15) is 5.69 Å². The second-order valence-corrected chi connectivity index (χ2v) is 5.33. The minimum Gasteiger partial charge on any atom is -0.339 e. The molecule has 3 rings (SSSR count). The first-order valence-corrected chi connectivity index (χ1v) is 7.30. The van der Waals surface area contributed by atoms with Gasteiger partial charge in [-0.2, -0.15) is 0 Å². The summed E-state index contributed by atoms with van der Waals surface area (Å²) in [7, 11) is 1.65. The predicted octanol–water partition coefficient (Wildman–Crippen LogP) is 2.49. The molecule has 2 heterocycles. The molecule has 0 radical (unpaired) electrons. The first-order chi connectivity index (χ1) is 11.1. The molecule has 1 N–H and O–H groups in total. The molecular weight excluding hydrogens is 290 g/mol. The number of anilines is 1. The number of pyridine rings is 1. The van der Waals surface area contributed by atoms with Crippen molar-refractivity contribution in [3.8, 4) is 0 Å². The summed E-state index contributed by atoms with van der Waals surface area (Å²) in [6.07, 6.45) is 3.48. The monoisotopic (exact) mass is 307 g/mol. The van der Waals surface area contributed by atoms with Gasteiger partial charge >= 0.3 is 0 Å². The van der Waals surface area contributed by atoms with E-state index in [-0.39, 0.29) is 11.5 Å². The van der Waals surface area contributed by atoms with Gasteiger partial charge in [-0.1, -0.05) is 30.3 Å². The Morgan fingerprint density at radius 2 is 1.83 bits per heavy atom. The zero-order chi connectivity index (χ0) is 16.2. The normalized spacial score (nSPS) is 10.5. The van der Waals surface area contributed by atoms with E-state index >= 15 is 0 Å². The first kappa shape index (κ1) is 14.8. The summed E-state index contributed by atoms with van der Waals surface area (Å²) in [6, 6.07) is 16.6. The van der Waals surface area contributed by atoms with Gasteiger partial charge in [0, 0.05) is 32.1 Å². The molecule has 0 atom stereocenters. The second kappa shape index (κ2) is 6.36. The smallest absolute Gasteiger partial charge is 0.272 e. The van der Waals surface area contributed by atoms with Crippen LogP contribution in [0.4, 0.5) is 5.69 Å². The highest BCUT2D eigenvalue weighted by molar-refractivity contribution is 6.03. The molecule has 0 aliphatic rings. The van der Waals surface area contributed by atoms with E-state index in [4.69, 9.17) is 0 Å². The largest absolute Gasteiger partial charge is 0.339 e. The molecule has 5 nitrogen and oxygen atoms in total. The molecule has 0 fully saturated rings. The molecule has 0 aliphatic carbocycles. The maximum atomic E-state index is 12.5. The number of carbonyl (C=O) groups is 1. The molecule has 23 heavy (non-hydrogen) atoms. The minimum absolute atomic E-state index is 0.115. The van der Waals surface area contributed by atoms with Crippen molar-refractivity contribution in [3.63, 3.8) is 0 Å². The molecule has 5 heteroatoms. The number of carbonyl (C=O) groups excluding carboxylic acids is 1. The fraction of sp³-hybridized carbons (Fsp3) is 0.111. The summed E-state index contributed by atoms with van der Waals surface area (Å²) < 4.78 is 3.32. The van der Waals surface area contributed by atoms with Crippen molar-refractivity contribution in [2.24, 2.45) is 7.05 Å². The molecule has 2 aromatic heterocycles. The van der Waals surface area contributed by atoms with E-state index in [2.05, 4.69) is 5.32 Å². The number of hydrogen-bond acceptors (Lipinski definition) is 2. The summed E-state index contributed by atoms with van der Waals surface area (Å²) in [5, 5.41) is 2.82. The minimum atomic E-state index is -0.204. The fourth-order valence-corrected chi connectivity index (χ4v) is 2.40. The van der Waals surface area contributed by atoms with Gasteiger partial charge in [-0.3, -0.25) is 9.59 Å². The van der Waals surface area contributed by atoms with Gasteiger partial charge < -0.3 is 14.5 Å². The van der Waals surface area contributed by atoms with Crippen molar-refractivity contribution in [1.82, 2.24) is 9.13 Å². The Morgan fingerprint density at radius 3 is 2.57 bits per heavy atom. The van der Waals surface area contributed by atoms with Crippen LogP contribution in [0.3, 0.4) is 0 Å². The van der Waals surface area contributed by atoms with Gasteiger partial charge in [0.15, 0.2) is 0 Å². The number of hydrogen-bond donors (Lipinski definition) is 1. The Bertz CT molecular complexity index is 879. The summed E-state index contributed by atoms with van der Waals surface area (Å²) in [5.74, 6) is -0.204. The van der Waals surface area contributed by atoms with Crippen molar-refractivity contribution >= 4 is 11.6 Å². The number of nitrogens with zero attached hydrogens (tertiary/aromatic N) is 2. The predicted molar refractivity (Wildman–Crippen MR) is 89.6 cm³/mol. The summed E-state index contributed by atoms with van der Waals surface area (Å²) >= 11 is 0. The molecule has 1 amide bonds. The van der Waals surface area contributed by atoms with E-state index in [1.807, 2.05) is 47.2 Å². The summed E-state index contributed by atoms with van der Waals surface area (Å²) in [5.41, 5.74) is 2.17. The van der Waals surface area contributed by atoms with Crippen LogP contribution >= 0.6 is 0 Å². The van der Waals surface area contributed by atoms with Crippen molar-refractivity contribution in [2.45, 2.75) is 6.54 Å². The number of amides is 1. The maximum absolute atomic E-state index is 12.5. The average molecular weight is 307 g/mol. The van der Waals surface area contributed by atoms with Crippen LogP contribution in [0.5, 0.6) is 0 Å². The molecular formula is C18H17N3O2. The number of aromatic nitrogens is 2. The topological polar surface area (TPSA) is 56.0 Å². The summed E-state index contributed by atoms with van der Waals surface area (Å²) in [6.45, 7) is 0.629. The first-order valence-electron chi connectivity index (χ1n) is 7.30. The third-order valence-corrected chi connectivity index (χ3v) is 3.60. The van der Waals surface area contributed by atoms with Crippen molar-refractivity contribution in [2.75, 3.05) is 5.32 Å². The Labute approximate surface area is 133 Å². The SMILES string of the molecule is Cn1cc(NC(=O)c2cccn2Cc2ccccc2)ccc1=O. The highest BCUT2D eigenvalue weighted by Crippen LogP contribution is 2.11. The zero-order valence-electron chi connectivity index (χ0n) is 12.8. The summed E-state index contributed by atoms with van der Waals surface area (Å²) in [4.78, 5) is 23.9. The molecule has 0 bridgehead atoms. The van der Waals surface area contributed by atoms with E-state index in [1.54, 1.807) is 25.4 Å². The second-order valence-electron chi connectivity index (χ2n) is 5.33. The molecule has 0 saturated heterocycles. The highest BCUT2D eigenvalue weighted by atomic mass is 16.2. The molecule has 1 aromatic carbocycles. The Morgan fingerprint density at radius 1 is 1.04 bits per heavy atom. The average Bonchev–Trinajstić information content (AvgIpc) is 3.00. The van der Waals surface area contributed by atoms with E-state index in [1.165, 1.54) is 10.6 Å². The van der Waals surface area contributed by atoms with E-state index in [9.17, 15) is 9.59 Å². The fourth-order valence-electron chi connectivity index (χ4n) is 2.40. The van der Waals surface area contributed by atoms with Gasteiger partial charge in [0.2, 0.25) is 5.56 Å². The van der Waals surface area contributed by atoms with Crippen LogP contribution in [0, 0.1) is 0 Å². The molecule has 0 spiro atoms. The van der Waals surface area contributed by atoms with Crippen molar-refractivity contribution in [1.29, 1.82) is 0 Å². The zero-order valence-corrected chi connectivity index (χ0v) is 12.8. The lowest BCUT2D eigenvalue weighted by Crippen LogP contribution is -2.20. The standard InChI is InChI=1S/C18H17N3O2/c1-20-13-15(9-10-17(20)22)19-18(23)16-8-5-11-21(16)12-14-6-3-2-4-7-14/h2-11,13H,12H2,1H3,(H,19,23). The van der Waals surface area contributed by atoms with Crippen LogP contribution in [-0.4, -0.2) is 15.0 Å². The number of benzene rings is 1. The van der Waals surface area contributed by atoms with Crippen molar-refractivity contribution in [3.05, 3.63) is 88.6 Å². The van der Waals surface area contributed by atoms with E-state index < -0.39 is 0 Å². The van der Waals surface area contributed by atoms with Crippen LogP contribution in [0.1, 0.15) is 16.1 Å². The lowest BCUT2D eigenvalue weighted by molar-refractivity contribution is 0.101. The Kier molecular flexibility index (Phi) is 4.10. The molecule has 0 unspecified atom stereocenters. The van der Waals surface area contributed by atoms with Gasteiger partial charge in [-0.25, -0.2) is 0 Å². The van der Waals surface area contributed by atoms with Gasteiger partial charge in [-0.05, 0) is 23.8 Å². The Balaban J connectivity index is 1.79. The number of nitrogens with one attached hydrogen (secondary N) is 1. The highest BCUT2D eigenvalue weighted by Gasteiger charge is 2.11. The maximum Gasteiger partial charge on any atom is 0.272 e. The third-order valence-electron chi connectivity index (χ3n) is 3.60. The van der Waals surface area contributed by atoms with Gasteiger partial charge in [0.25, 0.3) is 5.91 Å². The third kappa shape index (κ3) is 3.40. The molecule has 0 saturated carbocycles.